The van der Waals surface area contributed by atoms with E-state index < -0.39 is 5.67 Å². The van der Waals surface area contributed by atoms with Crippen LogP contribution in [0.4, 0.5) is 10.1 Å². The van der Waals surface area contributed by atoms with Gasteiger partial charge in [-0.25, -0.2) is 4.39 Å². The lowest BCUT2D eigenvalue weighted by Gasteiger charge is -2.30. The predicted molar refractivity (Wildman–Crippen MR) is 101 cm³/mol. The van der Waals surface area contributed by atoms with Crippen molar-refractivity contribution in [1.82, 2.24) is 10.6 Å². The lowest BCUT2D eigenvalue weighted by molar-refractivity contribution is 0.0833. The minimum atomic E-state index is -1.33. The summed E-state index contributed by atoms with van der Waals surface area (Å²) in [6, 6.07) is 1.79. The quantitative estimate of drug-likeness (QED) is 0.377. The summed E-state index contributed by atoms with van der Waals surface area (Å²) in [6.45, 7) is 1.90. The number of piperidine rings is 1. The van der Waals surface area contributed by atoms with Gasteiger partial charge < -0.3 is 21.1 Å². The Morgan fingerprint density at radius 3 is 2.92 bits per heavy atom. The Labute approximate surface area is 155 Å². The lowest BCUT2D eigenvalue weighted by Crippen LogP contribution is -2.46. The zero-order valence-electron chi connectivity index (χ0n) is 13.6. The molecule has 1 fully saturated rings. The minimum Gasteiger partial charge on any atom is -0.492 e. The van der Waals surface area contributed by atoms with Crippen LogP contribution in [0.25, 0.3) is 0 Å². The number of carbonyl (C=O) groups excluding carboxylic acids is 1. The molecule has 2 heterocycles. The zero-order valence-corrected chi connectivity index (χ0v) is 15.7. The molecule has 0 aromatic heterocycles. The molecule has 1 aromatic carbocycles. The van der Waals surface area contributed by atoms with Crippen LogP contribution in [0, 0.1) is 0 Å². The predicted octanol–water partition coefficient (Wildman–Crippen LogP) is 2.35. The van der Waals surface area contributed by atoms with Crippen LogP contribution in [-0.4, -0.2) is 37.8 Å². The van der Waals surface area contributed by atoms with Crippen LogP contribution < -0.4 is 21.1 Å². The first-order chi connectivity index (χ1) is 11.5. The number of benzene rings is 1. The van der Waals surface area contributed by atoms with Crippen molar-refractivity contribution in [1.29, 1.82) is 0 Å². The van der Waals surface area contributed by atoms with Crippen molar-refractivity contribution in [3.8, 4) is 5.75 Å². The maximum absolute atomic E-state index is 14.7. The van der Waals surface area contributed by atoms with Crippen molar-refractivity contribution in [2.24, 2.45) is 0 Å². The Morgan fingerprint density at radius 1 is 1.46 bits per heavy atom. The Bertz CT molecular complexity index is 633. The molecule has 7 heteroatoms. The Morgan fingerprint density at radius 2 is 2.21 bits per heavy atom. The van der Waals surface area contributed by atoms with Crippen molar-refractivity contribution in [2.75, 3.05) is 32.0 Å². The fourth-order valence-electron chi connectivity index (χ4n) is 3.30. The van der Waals surface area contributed by atoms with Crippen LogP contribution in [0.15, 0.2) is 6.07 Å². The summed E-state index contributed by atoms with van der Waals surface area (Å²) < 4.78 is 21.1. The van der Waals surface area contributed by atoms with Crippen molar-refractivity contribution in [3.05, 3.63) is 22.8 Å². The number of carbonyl (C=O) groups is 1. The first kappa shape index (κ1) is 17.7. The number of fused-ring (bicyclic) bond motifs is 1. The minimum absolute atomic E-state index is 0.0340. The number of hydrogen-bond donors (Lipinski definition) is 3. The second-order valence-electron chi connectivity index (χ2n) is 6.47. The van der Waals surface area contributed by atoms with Gasteiger partial charge in [0.1, 0.15) is 11.4 Å². The fourth-order valence-corrected chi connectivity index (χ4v) is 3.93. The van der Waals surface area contributed by atoms with E-state index in [2.05, 4.69) is 33.2 Å². The summed E-state index contributed by atoms with van der Waals surface area (Å²) in [4.78, 5) is 12.7. The number of ether oxygens (including phenoxy) is 1. The van der Waals surface area contributed by atoms with Crippen molar-refractivity contribution < 1.29 is 13.9 Å². The standard InChI is InChI=1S/C17H23FIN3O2/c18-17(3-5-21-6-4-17)10-22-16(23)13-8-11(9-19)14(20)12-2-1-7-24-15(12)13/h8,21H,1-7,9-10,20H2,(H,22,23). The van der Waals surface area contributed by atoms with E-state index in [9.17, 15) is 9.18 Å². The van der Waals surface area contributed by atoms with E-state index in [0.717, 1.165) is 34.1 Å². The highest BCUT2D eigenvalue weighted by molar-refractivity contribution is 14.1. The van der Waals surface area contributed by atoms with Gasteiger partial charge in [0.05, 0.1) is 18.7 Å². The first-order valence-electron chi connectivity index (χ1n) is 8.35. The average Bonchev–Trinajstić information content (AvgIpc) is 2.61. The fraction of sp³-hybridized carbons (Fsp3) is 0.588. The first-order valence-corrected chi connectivity index (χ1v) is 9.87. The van der Waals surface area contributed by atoms with Crippen LogP contribution in [-0.2, 0) is 10.8 Å². The molecule has 0 aliphatic carbocycles. The molecule has 0 atom stereocenters. The van der Waals surface area contributed by atoms with Crippen LogP contribution in [0.3, 0.4) is 0 Å². The van der Waals surface area contributed by atoms with E-state index in [0.29, 0.717) is 43.9 Å². The third-order valence-electron chi connectivity index (χ3n) is 4.78. The number of nitrogens with one attached hydrogen (secondary N) is 2. The van der Waals surface area contributed by atoms with E-state index >= 15 is 0 Å². The summed E-state index contributed by atoms with van der Waals surface area (Å²) in [5, 5.41) is 5.90. The number of alkyl halides is 2. The Hall–Kier alpha value is -1.09. The van der Waals surface area contributed by atoms with Gasteiger partial charge >= 0.3 is 0 Å². The van der Waals surface area contributed by atoms with Gasteiger partial charge in [0, 0.05) is 15.7 Å². The highest BCUT2D eigenvalue weighted by Gasteiger charge is 2.33. The molecule has 2 aliphatic rings. The topological polar surface area (TPSA) is 76.4 Å². The number of nitrogens with two attached hydrogens (primary N) is 1. The number of rotatable bonds is 4. The van der Waals surface area contributed by atoms with E-state index in [1.807, 2.05) is 0 Å². The molecular formula is C17H23FIN3O2. The highest BCUT2D eigenvalue weighted by Crippen LogP contribution is 2.37. The second-order valence-corrected chi connectivity index (χ2v) is 7.24. The molecule has 3 rings (SSSR count). The molecule has 1 saturated heterocycles. The van der Waals surface area contributed by atoms with Gasteiger partial charge in [0.2, 0.25) is 0 Å². The molecule has 0 spiro atoms. The van der Waals surface area contributed by atoms with E-state index in [4.69, 9.17) is 10.5 Å². The van der Waals surface area contributed by atoms with Crippen LogP contribution in [0.2, 0.25) is 0 Å². The summed E-state index contributed by atoms with van der Waals surface area (Å²) in [5.74, 6) is 0.290. The maximum atomic E-state index is 14.7. The van der Waals surface area contributed by atoms with Crippen LogP contribution >= 0.6 is 22.6 Å². The molecule has 5 nitrogen and oxygen atoms in total. The number of halogens is 2. The van der Waals surface area contributed by atoms with E-state index in [1.165, 1.54) is 0 Å². The zero-order chi connectivity index (χ0) is 17.2. The smallest absolute Gasteiger partial charge is 0.255 e. The van der Waals surface area contributed by atoms with Gasteiger partial charge in [-0.2, -0.15) is 0 Å². The molecule has 4 N–H and O–H groups in total. The average molecular weight is 447 g/mol. The van der Waals surface area contributed by atoms with Gasteiger partial charge in [-0.3, -0.25) is 4.79 Å². The van der Waals surface area contributed by atoms with Crippen molar-refractivity contribution >= 4 is 34.2 Å². The van der Waals surface area contributed by atoms with E-state index in [1.54, 1.807) is 6.07 Å². The Balaban J connectivity index is 1.81. The maximum Gasteiger partial charge on any atom is 0.255 e. The Kier molecular flexibility index (Phi) is 5.49. The molecule has 0 bridgehead atoms. The molecule has 1 aromatic rings. The lowest BCUT2D eigenvalue weighted by atomic mass is 9.93. The highest BCUT2D eigenvalue weighted by atomic mass is 127. The van der Waals surface area contributed by atoms with Gasteiger partial charge in [-0.05, 0) is 50.4 Å². The largest absolute Gasteiger partial charge is 0.492 e. The molecule has 0 unspecified atom stereocenters. The van der Waals surface area contributed by atoms with Crippen molar-refractivity contribution in [2.45, 2.75) is 35.8 Å². The summed E-state index contributed by atoms with van der Waals surface area (Å²) in [7, 11) is 0. The number of nitrogen functional groups attached to an aromatic ring is 1. The number of anilines is 1. The molecular weight excluding hydrogens is 424 g/mol. The molecule has 0 saturated carbocycles. The molecule has 1 amide bonds. The summed E-state index contributed by atoms with van der Waals surface area (Å²) >= 11 is 2.23. The molecule has 2 aliphatic heterocycles. The third-order valence-corrected chi connectivity index (χ3v) is 5.60. The van der Waals surface area contributed by atoms with Gasteiger partial charge in [0.15, 0.2) is 0 Å². The van der Waals surface area contributed by atoms with Gasteiger partial charge in [-0.15, -0.1) is 0 Å². The summed E-state index contributed by atoms with van der Waals surface area (Å²) in [6.07, 6.45) is 2.54. The molecule has 0 radical (unpaired) electrons. The van der Waals surface area contributed by atoms with Crippen molar-refractivity contribution in [3.63, 3.8) is 0 Å². The normalized spacial score (nSPS) is 19.2. The van der Waals surface area contributed by atoms with E-state index in [-0.39, 0.29) is 12.5 Å². The molecule has 132 valence electrons. The number of hydrogen-bond acceptors (Lipinski definition) is 4. The number of amides is 1. The summed E-state index contributed by atoms with van der Waals surface area (Å²) in [5.41, 5.74) is 7.92. The van der Waals surface area contributed by atoms with Gasteiger partial charge in [-0.1, -0.05) is 22.6 Å². The third kappa shape index (κ3) is 3.61. The monoisotopic (exact) mass is 447 g/mol. The van der Waals surface area contributed by atoms with Crippen LogP contribution in [0.1, 0.15) is 40.7 Å². The SMILES string of the molecule is Nc1c(CI)cc(C(=O)NCC2(F)CCNCC2)c2c1CCCO2. The van der Waals surface area contributed by atoms with Gasteiger partial charge in [0.25, 0.3) is 5.91 Å². The molecule has 24 heavy (non-hydrogen) atoms. The van der Waals surface area contributed by atoms with Crippen LogP contribution in [0.5, 0.6) is 5.75 Å². The second kappa shape index (κ2) is 7.43.